The second-order valence-corrected chi connectivity index (χ2v) is 22.8. The fourth-order valence-corrected chi connectivity index (χ4v) is 10.9. The first-order chi connectivity index (χ1) is 16.2. The van der Waals surface area contributed by atoms with E-state index in [1.54, 1.807) is 4.40 Å². The average molecular weight is 523 g/mol. The summed E-state index contributed by atoms with van der Waals surface area (Å²) < 4.78 is 3.96. The summed E-state index contributed by atoms with van der Waals surface area (Å²) in [5.74, 6) is 7.99. The minimum atomic E-state index is -2.04. The SMILES string of the molecule is Cc1c2c(c(C(C)C)c3ccccc13)Sc1cc3[c]([Ge]([CH3])([CH3])[CH3])cccc3c3cc[n+](C)c-2c13. The van der Waals surface area contributed by atoms with E-state index in [9.17, 15) is 0 Å². The molecule has 5 aromatic rings. The molecular formula is C31H32GeNS+. The summed E-state index contributed by atoms with van der Waals surface area (Å²) in [7, 11) is 2.22. The Morgan fingerprint density at radius 1 is 0.824 bits per heavy atom. The monoisotopic (exact) mass is 524 g/mol. The third-order valence-corrected chi connectivity index (χ3v) is 13.0. The molecule has 0 bridgehead atoms. The van der Waals surface area contributed by atoms with Gasteiger partial charge in [0.25, 0.3) is 0 Å². The second kappa shape index (κ2) is 7.60. The van der Waals surface area contributed by atoms with Gasteiger partial charge >= 0.3 is 210 Å². The van der Waals surface area contributed by atoms with E-state index in [2.05, 4.69) is 110 Å². The van der Waals surface area contributed by atoms with Gasteiger partial charge in [0, 0.05) is 0 Å². The molecule has 1 aliphatic heterocycles. The van der Waals surface area contributed by atoms with Crippen LogP contribution in [0.15, 0.2) is 70.6 Å². The normalized spacial score (nSPS) is 13.3. The first-order valence-corrected chi connectivity index (χ1v) is 20.5. The maximum atomic E-state index is 2.52. The first kappa shape index (κ1) is 22.2. The molecule has 0 saturated carbocycles. The molecule has 0 N–H and O–H groups in total. The van der Waals surface area contributed by atoms with Crippen molar-refractivity contribution in [1.29, 1.82) is 0 Å². The van der Waals surface area contributed by atoms with E-state index >= 15 is 0 Å². The van der Waals surface area contributed by atoms with Gasteiger partial charge in [0.05, 0.1) is 0 Å². The van der Waals surface area contributed by atoms with Gasteiger partial charge in [0.1, 0.15) is 0 Å². The zero-order valence-electron chi connectivity index (χ0n) is 21.2. The molecule has 0 spiro atoms. The number of aromatic nitrogens is 1. The average Bonchev–Trinajstić information content (AvgIpc) is 2.79. The van der Waals surface area contributed by atoms with Crippen LogP contribution >= 0.6 is 11.8 Å². The summed E-state index contributed by atoms with van der Waals surface area (Å²) in [5, 5.41) is 8.48. The number of hydrogen-bond donors (Lipinski definition) is 0. The Balaban J connectivity index is 1.84. The summed E-state index contributed by atoms with van der Waals surface area (Å²) in [6, 6.07) is 20.9. The third-order valence-electron chi connectivity index (χ3n) is 7.54. The fourth-order valence-electron chi connectivity index (χ4n) is 6.00. The summed E-state index contributed by atoms with van der Waals surface area (Å²) in [5.41, 5.74) is 5.69. The molecule has 0 unspecified atom stereocenters. The molecule has 34 heavy (non-hydrogen) atoms. The van der Waals surface area contributed by atoms with Gasteiger partial charge in [-0.15, -0.1) is 0 Å². The molecule has 0 fully saturated rings. The molecule has 0 amide bonds. The predicted octanol–water partition coefficient (Wildman–Crippen LogP) is 8.08. The molecule has 1 aliphatic rings. The summed E-state index contributed by atoms with van der Waals surface area (Å²) >= 11 is -0.0312. The van der Waals surface area contributed by atoms with Gasteiger partial charge < -0.3 is 0 Å². The number of fused-ring (bicyclic) bond motifs is 5. The molecule has 2 heterocycles. The topological polar surface area (TPSA) is 3.88 Å². The number of hydrogen-bond acceptors (Lipinski definition) is 1. The van der Waals surface area contributed by atoms with Crippen LogP contribution in [0.1, 0.15) is 30.9 Å². The molecular weight excluding hydrogens is 491 g/mol. The Kier molecular flexibility index (Phi) is 4.96. The van der Waals surface area contributed by atoms with Crippen molar-refractivity contribution in [3.63, 3.8) is 0 Å². The number of pyridine rings is 1. The van der Waals surface area contributed by atoms with Crippen molar-refractivity contribution < 1.29 is 4.57 Å². The van der Waals surface area contributed by atoms with Crippen molar-refractivity contribution >= 4 is 61.7 Å². The van der Waals surface area contributed by atoms with Crippen LogP contribution in [0.5, 0.6) is 0 Å². The number of benzene rings is 4. The second-order valence-electron chi connectivity index (χ2n) is 11.1. The molecule has 0 aliphatic carbocycles. The van der Waals surface area contributed by atoms with Gasteiger partial charge in [0.2, 0.25) is 0 Å². The van der Waals surface area contributed by atoms with E-state index in [0.29, 0.717) is 5.92 Å². The number of rotatable bonds is 2. The van der Waals surface area contributed by atoms with Crippen LogP contribution in [0.4, 0.5) is 0 Å². The molecule has 170 valence electrons. The molecule has 1 aromatic heterocycles. The summed E-state index contributed by atoms with van der Waals surface area (Å²) in [4.78, 5) is 2.87. The maximum absolute atomic E-state index is 2.52. The van der Waals surface area contributed by atoms with Crippen LogP contribution in [0.2, 0.25) is 17.3 Å². The molecule has 6 rings (SSSR count). The van der Waals surface area contributed by atoms with Crippen molar-refractivity contribution in [2.24, 2.45) is 7.05 Å². The van der Waals surface area contributed by atoms with E-state index in [0.717, 1.165) is 0 Å². The van der Waals surface area contributed by atoms with Crippen molar-refractivity contribution in [2.45, 2.75) is 53.7 Å². The molecule has 0 atom stereocenters. The molecule has 3 heteroatoms. The van der Waals surface area contributed by atoms with Crippen molar-refractivity contribution in [1.82, 2.24) is 0 Å². The van der Waals surface area contributed by atoms with Crippen molar-refractivity contribution in [2.75, 3.05) is 0 Å². The standard InChI is InChI=1S/C31H32GeNS/c1-18(2)27-22-12-9-8-11-20(22)19(3)28-30-29-23(15-16-33(30)7)21-13-10-14-25(32(4,5)6)24(21)17-26(29)34-31(27)28/h8-18H,1-7H3/q+1. The van der Waals surface area contributed by atoms with E-state index in [1.807, 2.05) is 11.8 Å². The summed E-state index contributed by atoms with van der Waals surface area (Å²) in [6.07, 6.45) is 2.27. The Morgan fingerprint density at radius 2 is 1.53 bits per heavy atom. The van der Waals surface area contributed by atoms with Crippen LogP contribution in [0, 0.1) is 6.92 Å². The Labute approximate surface area is 209 Å². The van der Waals surface area contributed by atoms with E-state index in [-0.39, 0.29) is 0 Å². The molecule has 0 radical (unpaired) electrons. The zero-order chi connectivity index (χ0) is 23.9. The number of nitrogens with zero attached hydrogens (tertiary/aromatic N) is 1. The third kappa shape index (κ3) is 3.04. The van der Waals surface area contributed by atoms with Crippen molar-refractivity contribution in [3.8, 4) is 11.3 Å². The molecule has 0 saturated heterocycles. The van der Waals surface area contributed by atoms with Gasteiger partial charge in [-0.3, -0.25) is 0 Å². The Hall–Kier alpha value is -2.30. The van der Waals surface area contributed by atoms with E-state index in [4.69, 9.17) is 0 Å². The van der Waals surface area contributed by atoms with E-state index < -0.39 is 13.3 Å². The van der Waals surface area contributed by atoms with Crippen molar-refractivity contribution in [3.05, 3.63) is 71.9 Å². The Bertz CT molecular complexity index is 1660. The van der Waals surface area contributed by atoms with Gasteiger partial charge in [-0.1, -0.05) is 0 Å². The zero-order valence-corrected chi connectivity index (χ0v) is 24.1. The van der Waals surface area contributed by atoms with E-state index in [1.165, 1.54) is 64.5 Å². The van der Waals surface area contributed by atoms with Gasteiger partial charge in [-0.25, -0.2) is 0 Å². The number of aryl methyl sites for hydroxylation is 2. The molecule has 1 nitrogen and oxygen atoms in total. The predicted molar refractivity (Wildman–Crippen MR) is 152 cm³/mol. The fraction of sp³-hybridized carbons (Fsp3) is 0.258. The first-order valence-electron chi connectivity index (χ1n) is 12.3. The van der Waals surface area contributed by atoms with Crippen LogP contribution < -0.4 is 8.96 Å². The Morgan fingerprint density at radius 3 is 2.24 bits per heavy atom. The quantitative estimate of drug-likeness (QED) is 0.126. The van der Waals surface area contributed by atoms with Crippen LogP contribution in [-0.4, -0.2) is 13.3 Å². The van der Waals surface area contributed by atoms with Crippen LogP contribution in [0.3, 0.4) is 0 Å². The van der Waals surface area contributed by atoms with Gasteiger partial charge in [-0.2, -0.15) is 0 Å². The van der Waals surface area contributed by atoms with Gasteiger partial charge in [-0.05, 0) is 0 Å². The van der Waals surface area contributed by atoms with Gasteiger partial charge in [0.15, 0.2) is 0 Å². The molecule has 4 aromatic carbocycles. The minimum absolute atomic E-state index is 0.457. The van der Waals surface area contributed by atoms with Crippen LogP contribution in [-0.2, 0) is 7.05 Å². The van der Waals surface area contributed by atoms with Crippen LogP contribution in [0.25, 0.3) is 43.6 Å². The summed E-state index contributed by atoms with van der Waals surface area (Å²) in [6.45, 7) is 7.02.